The molecule has 0 aliphatic heterocycles. The number of hydrogen-bond acceptors (Lipinski definition) is 2. The Labute approximate surface area is 96.0 Å². The van der Waals surface area contributed by atoms with E-state index >= 15 is 0 Å². The summed E-state index contributed by atoms with van der Waals surface area (Å²) < 4.78 is 13.5. The molecule has 0 saturated carbocycles. The summed E-state index contributed by atoms with van der Waals surface area (Å²) in [5.41, 5.74) is 1.16. The lowest BCUT2D eigenvalue weighted by Crippen LogP contribution is -1.97. The van der Waals surface area contributed by atoms with E-state index in [-0.39, 0.29) is 5.56 Å². The highest BCUT2D eigenvalue weighted by Crippen LogP contribution is 2.28. The first-order valence-electron chi connectivity index (χ1n) is 4.66. The van der Waals surface area contributed by atoms with Gasteiger partial charge in [0.2, 0.25) is 0 Å². The fourth-order valence-corrected chi connectivity index (χ4v) is 2.17. The van der Waals surface area contributed by atoms with Gasteiger partial charge >= 0.3 is 5.97 Å². The molecule has 2 rings (SSSR count). The minimum absolute atomic E-state index is 0.0975. The van der Waals surface area contributed by atoms with Gasteiger partial charge in [0.1, 0.15) is 5.82 Å². The summed E-state index contributed by atoms with van der Waals surface area (Å²) in [6.07, 6.45) is 0. The third-order valence-electron chi connectivity index (χ3n) is 2.25. The van der Waals surface area contributed by atoms with Crippen LogP contribution >= 0.6 is 11.3 Å². The number of aryl methyl sites for hydroxylation is 1. The molecular weight excluding hydrogens is 227 g/mol. The monoisotopic (exact) mass is 236 g/mol. The van der Waals surface area contributed by atoms with Crippen LogP contribution < -0.4 is 0 Å². The third-order valence-corrected chi connectivity index (χ3v) is 3.12. The average Bonchev–Trinajstić information content (AvgIpc) is 2.65. The van der Waals surface area contributed by atoms with E-state index in [0.717, 1.165) is 10.4 Å². The predicted octanol–water partition coefficient (Wildman–Crippen LogP) is 3.56. The molecule has 1 aromatic carbocycles. The first-order valence-corrected chi connectivity index (χ1v) is 5.54. The number of carboxylic acid groups (broad SMARTS) is 1. The topological polar surface area (TPSA) is 37.3 Å². The van der Waals surface area contributed by atoms with Gasteiger partial charge in [0.25, 0.3) is 0 Å². The van der Waals surface area contributed by atoms with Crippen LogP contribution in [0.5, 0.6) is 0 Å². The molecule has 0 spiro atoms. The molecule has 1 heterocycles. The van der Waals surface area contributed by atoms with Crippen molar-refractivity contribution in [3.8, 4) is 11.1 Å². The highest BCUT2D eigenvalue weighted by atomic mass is 32.1. The summed E-state index contributed by atoms with van der Waals surface area (Å²) in [5, 5.41) is 10.7. The van der Waals surface area contributed by atoms with E-state index in [1.165, 1.54) is 29.5 Å². The molecule has 0 bridgehead atoms. The number of aromatic carboxylic acids is 1. The van der Waals surface area contributed by atoms with Gasteiger partial charge in [0.05, 0.1) is 5.56 Å². The molecular formula is C12H9FO2S. The highest BCUT2D eigenvalue weighted by Gasteiger charge is 2.10. The van der Waals surface area contributed by atoms with Gasteiger partial charge in [-0.15, -0.1) is 11.3 Å². The minimum atomic E-state index is -1.05. The van der Waals surface area contributed by atoms with Crippen LogP contribution in [0.15, 0.2) is 29.6 Å². The van der Waals surface area contributed by atoms with Crippen LogP contribution in [0.25, 0.3) is 11.1 Å². The second-order valence-electron chi connectivity index (χ2n) is 3.45. The molecule has 4 heteroatoms. The SMILES string of the molecule is Cc1cc(-c2cc(C(=O)O)ccc2F)cs1. The summed E-state index contributed by atoms with van der Waals surface area (Å²) >= 11 is 1.51. The smallest absolute Gasteiger partial charge is 0.335 e. The lowest BCUT2D eigenvalue weighted by atomic mass is 10.0. The van der Waals surface area contributed by atoms with Crippen LogP contribution in [-0.2, 0) is 0 Å². The van der Waals surface area contributed by atoms with Gasteiger partial charge in [-0.05, 0) is 42.1 Å². The summed E-state index contributed by atoms with van der Waals surface area (Å²) in [6.45, 7) is 1.92. The number of thiophene rings is 1. The van der Waals surface area contributed by atoms with Crippen LogP contribution in [0.1, 0.15) is 15.2 Å². The number of rotatable bonds is 2. The molecule has 0 fully saturated rings. The van der Waals surface area contributed by atoms with Crippen molar-refractivity contribution in [3.05, 3.63) is 45.9 Å². The van der Waals surface area contributed by atoms with Crippen molar-refractivity contribution in [3.63, 3.8) is 0 Å². The molecule has 0 atom stereocenters. The maximum atomic E-state index is 13.5. The molecule has 0 aliphatic carbocycles. The molecule has 0 unspecified atom stereocenters. The van der Waals surface area contributed by atoms with Gasteiger partial charge in [0, 0.05) is 10.4 Å². The first-order chi connectivity index (χ1) is 7.58. The van der Waals surface area contributed by atoms with E-state index in [1.54, 1.807) is 0 Å². The third kappa shape index (κ3) is 1.97. The van der Waals surface area contributed by atoms with Crippen molar-refractivity contribution >= 4 is 17.3 Å². The van der Waals surface area contributed by atoms with Gasteiger partial charge in [-0.3, -0.25) is 0 Å². The molecule has 1 aromatic heterocycles. The zero-order valence-electron chi connectivity index (χ0n) is 8.53. The van der Waals surface area contributed by atoms with Crippen LogP contribution in [0.3, 0.4) is 0 Å². The number of hydrogen-bond donors (Lipinski definition) is 1. The fourth-order valence-electron chi connectivity index (χ4n) is 1.46. The highest BCUT2D eigenvalue weighted by molar-refractivity contribution is 7.10. The van der Waals surface area contributed by atoms with Crippen LogP contribution in [-0.4, -0.2) is 11.1 Å². The normalized spacial score (nSPS) is 10.4. The molecule has 2 aromatic rings. The van der Waals surface area contributed by atoms with E-state index < -0.39 is 11.8 Å². The van der Waals surface area contributed by atoms with Gasteiger partial charge in [-0.1, -0.05) is 0 Å². The van der Waals surface area contributed by atoms with Crippen molar-refractivity contribution < 1.29 is 14.3 Å². The number of benzene rings is 1. The summed E-state index contributed by atoms with van der Waals surface area (Å²) in [5.74, 6) is -1.45. The number of halogens is 1. The summed E-state index contributed by atoms with van der Waals surface area (Å²) in [4.78, 5) is 11.8. The van der Waals surface area contributed by atoms with Gasteiger partial charge < -0.3 is 5.11 Å². The average molecular weight is 236 g/mol. The Morgan fingerprint density at radius 1 is 1.38 bits per heavy atom. The Morgan fingerprint density at radius 3 is 2.69 bits per heavy atom. The van der Waals surface area contributed by atoms with Crippen LogP contribution in [0, 0.1) is 12.7 Å². The van der Waals surface area contributed by atoms with E-state index in [4.69, 9.17) is 5.11 Å². The van der Waals surface area contributed by atoms with E-state index in [9.17, 15) is 9.18 Å². The van der Waals surface area contributed by atoms with Gasteiger partial charge in [0.15, 0.2) is 0 Å². The molecule has 0 amide bonds. The Kier molecular flexibility index (Phi) is 2.75. The van der Waals surface area contributed by atoms with Crippen molar-refractivity contribution in [1.82, 2.24) is 0 Å². The van der Waals surface area contributed by atoms with Crippen LogP contribution in [0.2, 0.25) is 0 Å². The molecule has 0 aliphatic rings. The maximum absolute atomic E-state index is 13.5. The largest absolute Gasteiger partial charge is 0.478 e. The Bertz CT molecular complexity index is 546. The van der Waals surface area contributed by atoms with Crippen molar-refractivity contribution in [1.29, 1.82) is 0 Å². The van der Waals surface area contributed by atoms with Crippen LogP contribution in [0.4, 0.5) is 4.39 Å². The lowest BCUT2D eigenvalue weighted by molar-refractivity contribution is 0.0697. The minimum Gasteiger partial charge on any atom is -0.478 e. The Hall–Kier alpha value is -1.68. The standard InChI is InChI=1S/C12H9FO2S/c1-7-4-9(6-16-7)10-5-8(12(14)15)2-3-11(10)13/h2-6H,1H3,(H,14,15). The molecule has 2 nitrogen and oxygen atoms in total. The number of carbonyl (C=O) groups is 1. The zero-order chi connectivity index (χ0) is 11.7. The summed E-state index contributed by atoms with van der Waals surface area (Å²) in [6, 6.07) is 5.65. The van der Waals surface area contributed by atoms with Crippen molar-refractivity contribution in [2.45, 2.75) is 6.92 Å². The summed E-state index contributed by atoms with van der Waals surface area (Å²) in [7, 11) is 0. The van der Waals surface area contributed by atoms with E-state index in [1.807, 2.05) is 18.4 Å². The predicted molar refractivity (Wildman–Crippen MR) is 61.4 cm³/mol. The Balaban J connectivity index is 2.55. The Morgan fingerprint density at radius 2 is 2.12 bits per heavy atom. The van der Waals surface area contributed by atoms with Crippen molar-refractivity contribution in [2.24, 2.45) is 0 Å². The fraction of sp³-hybridized carbons (Fsp3) is 0.0833. The molecule has 0 radical (unpaired) electrons. The first kappa shape index (κ1) is 10.8. The van der Waals surface area contributed by atoms with Gasteiger partial charge in [-0.2, -0.15) is 0 Å². The van der Waals surface area contributed by atoms with E-state index in [0.29, 0.717) is 5.56 Å². The maximum Gasteiger partial charge on any atom is 0.335 e. The number of carboxylic acids is 1. The quantitative estimate of drug-likeness (QED) is 0.865. The van der Waals surface area contributed by atoms with E-state index in [2.05, 4.69) is 0 Å². The van der Waals surface area contributed by atoms with Gasteiger partial charge in [-0.25, -0.2) is 9.18 Å². The second kappa shape index (κ2) is 4.06. The molecule has 1 N–H and O–H groups in total. The van der Waals surface area contributed by atoms with Crippen molar-refractivity contribution in [2.75, 3.05) is 0 Å². The molecule has 82 valence electrons. The second-order valence-corrected chi connectivity index (χ2v) is 4.56. The molecule has 0 saturated heterocycles. The molecule has 16 heavy (non-hydrogen) atoms. The lowest BCUT2D eigenvalue weighted by Gasteiger charge is -2.02. The zero-order valence-corrected chi connectivity index (χ0v) is 9.34.